The molecule has 1 N–H and O–H groups in total. The molecule has 0 atom stereocenters. The Hall–Kier alpha value is -0.910. The summed E-state index contributed by atoms with van der Waals surface area (Å²) in [7, 11) is 0. The van der Waals surface area contributed by atoms with Crippen LogP contribution in [0.2, 0.25) is 0 Å². The van der Waals surface area contributed by atoms with Gasteiger partial charge in [-0.25, -0.2) is 0 Å². The molecule has 1 aliphatic heterocycles. The Morgan fingerprint density at radius 2 is 2.00 bits per heavy atom. The Morgan fingerprint density at radius 3 is 2.55 bits per heavy atom. The van der Waals surface area contributed by atoms with Crippen molar-refractivity contribution in [3.63, 3.8) is 0 Å². The standard InChI is InChI=1S/C15H25N3OS/c1-15(2,3)16-10-14(19)18-7-5-17(6-8-18)11-13-4-9-20-12-13/h4,9,12,16H,5-8,10-11H2,1-3H3. The molecule has 0 aromatic carbocycles. The van der Waals surface area contributed by atoms with E-state index in [0.29, 0.717) is 6.54 Å². The fourth-order valence-corrected chi connectivity index (χ4v) is 2.91. The second kappa shape index (κ2) is 6.70. The summed E-state index contributed by atoms with van der Waals surface area (Å²) in [6.45, 7) is 11.3. The number of carbonyl (C=O) groups excluding carboxylic acids is 1. The maximum Gasteiger partial charge on any atom is 0.236 e. The quantitative estimate of drug-likeness (QED) is 0.920. The van der Waals surface area contributed by atoms with Gasteiger partial charge in [0.15, 0.2) is 0 Å². The number of hydrogen-bond acceptors (Lipinski definition) is 4. The number of rotatable bonds is 4. The molecular weight excluding hydrogens is 270 g/mol. The first kappa shape index (κ1) is 15.5. The van der Waals surface area contributed by atoms with Gasteiger partial charge in [0.1, 0.15) is 0 Å². The molecule has 0 unspecified atom stereocenters. The third-order valence-corrected chi connectivity index (χ3v) is 4.21. The van der Waals surface area contributed by atoms with Gasteiger partial charge in [-0.15, -0.1) is 0 Å². The van der Waals surface area contributed by atoms with Crippen molar-refractivity contribution in [2.24, 2.45) is 0 Å². The van der Waals surface area contributed by atoms with Crippen LogP contribution >= 0.6 is 11.3 Å². The van der Waals surface area contributed by atoms with E-state index in [1.54, 1.807) is 11.3 Å². The van der Waals surface area contributed by atoms with Gasteiger partial charge in [-0.2, -0.15) is 11.3 Å². The van der Waals surface area contributed by atoms with Crippen LogP contribution in [0.15, 0.2) is 16.8 Å². The Kier molecular flexibility index (Phi) is 5.18. The van der Waals surface area contributed by atoms with Crippen molar-refractivity contribution in [3.05, 3.63) is 22.4 Å². The number of hydrogen-bond donors (Lipinski definition) is 1. The van der Waals surface area contributed by atoms with E-state index < -0.39 is 0 Å². The lowest BCUT2D eigenvalue weighted by Gasteiger charge is -2.35. The minimum Gasteiger partial charge on any atom is -0.339 e. The number of carbonyl (C=O) groups is 1. The largest absolute Gasteiger partial charge is 0.339 e. The normalized spacial score (nSPS) is 17.4. The van der Waals surface area contributed by atoms with Gasteiger partial charge in [-0.3, -0.25) is 9.69 Å². The van der Waals surface area contributed by atoms with Gasteiger partial charge in [0.05, 0.1) is 6.54 Å². The van der Waals surface area contributed by atoms with E-state index in [-0.39, 0.29) is 11.4 Å². The van der Waals surface area contributed by atoms with Crippen molar-refractivity contribution in [1.82, 2.24) is 15.1 Å². The summed E-state index contributed by atoms with van der Waals surface area (Å²) in [6, 6.07) is 2.18. The van der Waals surface area contributed by atoms with Crippen LogP contribution in [0, 0.1) is 0 Å². The number of thiophene rings is 1. The zero-order chi connectivity index (χ0) is 14.6. The minimum absolute atomic E-state index is 0.00354. The summed E-state index contributed by atoms with van der Waals surface area (Å²) in [6.07, 6.45) is 0. The third kappa shape index (κ3) is 4.89. The van der Waals surface area contributed by atoms with E-state index in [1.165, 1.54) is 5.56 Å². The van der Waals surface area contributed by atoms with Gasteiger partial charge in [0.25, 0.3) is 0 Å². The molecule has 20 heavy (non-hydrogen) atoms. The number of amides is 1. The minimum atomic E-state index is -0.00354. The molecule has 1 aromatic rings. The van der Waals surface area contributed by atoms with E-state index in [0.717, 1.165) is 32.7 Å². The lowest BCUT2D eigenvalue weighted by molar-refractivity contribution is -0.132. The first-order valence-corrected chi connectivity index (χ1v) is 8.14. The Labute approximate surface area is 125 Å². The average molecular weight is 295 g/mol. The highest BCUT2D eigenvalue weighted by molar-refractivity contribution is 7.07. The zero-order valence-electron chi connectivity index (χ0n) is 12.7. The Balaban J connectivity index is 1.72. The summed E-state index contributed by atoms with van der Waals surface area (Å²) in [4.78, 5) is 16.5. The summed E-state index contributed by atoms with van der Waals surface area (Å²) in [5, 5.41) is 7.58. The SMILES string of the molecule is CC(C)(C)NCC(=O)N1CCN(Cc2ccsc2)CC1. The molecule has 1 aromatic heterocycles. The molecule has 0 bridgehead atoms. The Morgan fingerprint density at radius 1 is 1.30 bits per heavy atom. The highest BCUT2D eigenvalue weighted by atomic mass is 32.1. The summed E-state index contributed by atoms with van der Waals surface area (Å²) >= 11 is 1.74. The monoisotopic (exact) mass is 295 g/mol. The van der Waals surface area contributed by atoms with Crippen LogP contribution in [0.25, 0.3) is 0 Å². The molecule has 1 aliphatic rings. The fourth-order valence-electron chi connectivity index (χ4n) is 2.25. The van der Waals surface area contributed by atoms with Crippen molar-refractivity contribution in [2.75, 3.05) is 32.7 Å². The first-order chi connectivity index (χ1) is 9.44. The summed E-state index contributed by atoms with van der Waals surface area (Å²) in [5.41, 5.74) is 1.38. The molecule has 0 saturated carbocycles. The van der Waals surface area contributed by atoms with Crippen molar-refractivity contribution in [2.45, 2.75) is 32.9 Å². The molecule has 1 saturated heterocycles. The molecule has 2 rings (SSSR count). The van der Waals surface area contributed by atoms with E-state index >= 15 is 0 Å². The van der Waals surface area contributed by atoms with Crippen molar-refractivity contribution in [3.8, 4) is 0 Å². The predicted octanol–water partition coefficient (Wildman–Crippen LogP) is 1.78. The van der Waals surface area contributed by atoms with Crippen molar-refractivity contribution in [1.29, 1.82) is 0 Å². The van der Waals surface area contributed by atoms with Gasteiger partial charge in [-0.1, -0.05) is 0 Å². The van der Waals surface area contributed by atoms with Gasteiger partial charge in [0, 0.05) is 38.3 Å². The van der Waals surface area contributed by atoms with Crippen LogP contribution < -0.4 is 5.32 Å². The molecule has 0 spiro atoms. The molecular formula is C15H25N3OS. The fraction of sp³-hybridized carbons (Fsp3) is 0.667. The summed E-state index contributed by atoms with van der Waals surface area (Å²) < 4.78 is 0. The van der Waals surface area contributed by atoms with Crippen LogP contribution in [0.5, 0.6) is 0 Å². The molecule has 0 radical (unpaired) electrons. The van der Waals surface area contributed by atoms with Gasteiger partial charge >= 0.3 is 0 Å². The highest BCUT2D eigenvalue weighted by Crippen LogP contribution is 2.11. The van der Waals surface area contributed by atoms with E-state index in [4.69, 9.17) is 0 Å². The highest BCUT2D eigenvalue weighted by Gasteiger charge is 2.22. The van der Waals surface area contributed by atoms with Crippen molar-refractivity contribution < 1.29 is 4.79 Å². The topological polar surface area (TPSA) is 35.6 Å². The van der Waals surface area contributed by atoms with Crippen LogP contribution in [0.4, 0.5) is 0 Å². The average Bonchev–Trinajstić information content (AvgIpc) is 2.89. The third-order valence-electron chi connectivity index (χ3n) is 3.48. The second-order valence-corrected chi connectivity index (χ2v) is 7.17. The second-order valence-electron chi connectivity index (χ2n) is 6.39. The lowest BCUT2D eigenvalue weighted by Crippen LogP contribution is -2.52. The van der Waals surface area contributed by atoms with Gasteiger partial charge < -0.3 is 10.2 Å². The van der Waals surface area contributed by atoms with Gasteiger partial charge in [-0.05, 0) is 43.2 Å². The van der Waals surface area contributed by atoms with Gasteiger partial charge in [0.2, 0.25) is 5.91 Å². The van der Waals surface area contributed by atoms with E-state index in [2.05, 4.69) is 47.8 Å². The van der Waals surface area contributed by atoms with Crippen LogP contribution in [0.3, 0.4) is 0 Å². The molecule has 1 amide bonds. The zero-order valence-corrected chi connectivity index (χ0v) is 13.5. The molecule has 2 heterocycles. The molecule has 112 valence electrons. The summed E-state index contributed by atoms with van der Waals surface area (Å²) in [5.74, 6) is 0.218. The van der Waals surface area contributed by atoms with Crippen molar-refractivity contribution >= 4 is 17.2 Å². The number of piperazine rings is 1. The first-order valence-electron chi connectivity index (χ1n) is 7.20. The van der Waals surface area contributed by atoms with E-state index in [1.807, 2.05) is 4.90 Å². The van der Waals surface area contributed by atoms with Crippen LogP contribution in [0.1, 0.15) is 26.3 Å². The maximum absolute atomic E-state index is 12.1. The lowest BCUT2D eigenvalue weighted by atomic mass is 10.1. The predicted molar refractivity (Wildman–Crippen MR) is 83.9 cm³/mol. The molecule has 0 aliphatic carbocycles. The molecule has 4 nitrogen and oxygen atoms in total. The van der Waals surface area contributed by atoms with Crippen LogP contribution in [-0.4, -0.2) is 54.0 Å². The maximum atomic E-state index is 12.1. The number of nitrogens with one attached hydrogen (secondary N) is 1. The molecule has 5 heteroatoms. The Bertz CT molecular complexity index is 417. The molecule has 1 fully saturated rings. The van der Waals surface area contributed by atoms with E-state index in [9.17, 15) is 4.79 Å². The smallest absolute Gasteiger partial charge is 0.236 e. The number of nitrogens with zero attached hydrogens (tertiary/aromatic N) is 2. The van der Waals surface area contributed by atoms with Crippen LogP contribution in [-0.2, 0) is 11.3 Å².